The first-order chi connectivity index (χ1) is 7.72. The van der Waals surface area contributed by atoms with Crippen molar-refractivity contribution in [3.63, 3.8) is 0 Å². The van der Waals surface area contributed by atoms with Crippen LogP contribution in [-0.4, -0.2) is 35.4 Å². The van der Waals surface area contributed by atoms with Crippen LogP contribution in [0.25, 0.3) is 0 Å². The molecule has 0 bridgehead atoms. The summed E-state index contributed by atoms with van der Waals surface area (Å²) in [7, 11) is 0. The monoisotopic (exact) mass is 221 g/mol. The number of amides is 1. The number of hydrogen-bond acceptors (Lipinski definition) is 3. The van der Waals surface area contributed by atoms with Crippen LogP contribution in [0.5, 0.6) is 0 Å². The van der Waals surface area contributed by atoms with Gasteiger partial charge in [-0.1, -0.05) is 6.07 Å². The Bertz CT molecular complexity index is 348. The fraction of sp³-hybridized carbons (Fsp3) is 0.500. The molecule has 1 aromatic heterocycles. The quantitative estimate of drug-likeness (QED) is 0.827. The molecule has 0 spiro atoms. The molecule has 0 aliphatic heterocycles. The average Bonchev–Trinajstić information content (AvgIpc) is 2.31. The van der Waals surface area contributed by atoms with E-state index in [9.17, 15) is 4.79 Å². The predicted molar refractivity (Wildman–Crippen MR) is 65.7 cm³/mol. The molecule has 1 N–H and O–H groups in total. The molecule has 1 amide bonds. The van der Waals surface area contributed by atoms with Gasteiger partial charge in [-0.2, -0.15) is 0 Å². The Morgan fingerprint density at radius 1 is 1.31 bits per heavy atom. The molecule has 0 fully saturated rings. The van der Waals surface area contributed by atoms with Crippen LogP contribution in [0.2, 0.25) is 0 Å². The van der Waals surface area contributed by atoms with Crippen LogP contribution in [0.15, 0.2) is 18.2 Å². The predicted octanol–water partition coefficient (Wildman–Crippen LogP) is 2.00. The van der Waals surface area contributed by atoms with Crippen molar-refractivity contribution in [2.45, 2.75) is 20.8 Å². The molecule has 0 radical (unpaired) electrons. The summed E-state index contributed by atoms with van der Waals surface area (Å²) < 4.78 is 0. The van der Waals surface area contributed by atoms with Crippen molar-refractivity contribution in [2.24, 2.45) is 0 Å². The zero-order chi connectivity index (χ0) is 12.0. The molecule has 1 aromatic rings. The smallest absolute Gasteiger partial charge is 0.272 e. The zero-order valence-corrected chi connectivity index (χ0v) is 10.2. The summed E-state index contributed by atoms with van der Waals surface area (Å²) in [5, 5.41) is 3.10. The van der Waals surface area contributed by atoms with Crippen molar-refractivity contribution in [2.75, 3.05) is 25.0 Å². The molecule has 1 heterocycles. The second-order valence-corrected chi connectivity index (χ2v) is 3.42. The van der Waals surface area contributed by atoms with E-state index < -0.39 is 0 Å². The minimum Gasteiger partial charge on any atom is -0.370 e. The molecule has 4 heteroatoms. The lowest BCUT2D eigenvalue weighted by Crippen LogP contribution is -2.31. The maximum Gasteiger partial charge on any atom is 0.272 e. The average molecular weight is 221 g/mol. The van der Waals surface area contributed by atoms with E-state index in [1.807, 2.05) is 32.9 Å². The molecule has 0 saturated carbocycles. The van der Waals surface area contributed by atoms with Crippen molar-refractivity contribution >= 4 is 11.7 Å². The van der Waals surface area contributed by atoms with Crippen LogP contribution in [0, 0.1) is 0 Å². The molecular formula is C12H19N3O. The van der Waals surface area contributed by atoms with Gasteiger partial charge in [-0.25, -0.2) is 4.98 Å². The molecule has 0 aliphatic carbocycles. The number of carbonyl (C=O) groups is 1. The highest BCUT2D eigenvalue weighted by Gasteiger charge is 2.13. The van der Waals surface area contributed by atoms with E-state index in [2.05, 4.69) is 10.3 Å². The summed E-state index contributed by atoms with van der Waals surface area (Å²) in [6.45, 7) is 8.16. The van der Waals surface area contributed by atoms with Gasteiger partial charge in [-0.3, -0.25) is 4.79 Å². The summed E-state index contributed by atoms with van der Waals surface area (Å²) in [6.07, 6.45) is 0. The highest BCUT2D eigenvalue weighted by molar-refractivity contribution is 5.92. The van der Waals surface area contributed by atoms with Gasteiger partial charge >= 0.3 is 0 Å². The lowest BCUT2D eigenvalue weighted by Gasteiger charge is -2.18. The van der Waals surface area contributed by atoms with Crippen LogP contribution in [0.3, 0.4) is 0 Å². The van der Waals surface area contributed by atoms with Gasteiger partial charge in [0.2, 0.25) is 0 Å². The molecule has 0 atom stereocenters. The van der Waals surface area contributed by atoms with E-state index >= 15 is 0 Å². The standard InChI is InChI=1S/C12H19N3O/c1-4-13-11-9-7-8-10(14-11)12(16)15(5-2)6-3/h7-9H,4-6H2,1-3H3,(H,13,14). The second-order valence-electron chi connectivity index (χ2n) is 3.42. The fourth-order valence-corrected chi connectivity index (χ4v) is 1.51. The second kappa shape index (κ2) is 6.10. The third kappa shape index (κ3) is 2.95. The number of carbonyl (C=O) groups excluding carboxylic acids is 1. The lowest BCUT2D eigenvalue weighted by atomic mass is 10.3. The Hall–Kier alpha value is -1.58. The van der Waals surface area contributed by atoms with Crippen molar-refractivity contribution in [3.8, 4) is 0 Å². The van der Waals surface area contributed by atoms with E-state index in [4.69, 9.17) is 0 Å². The van der Waals surface area contributed by atoms with E-state index in [-0.39, 0.29) is 5.91 Å². The zero-order valence-electron chi connectivity index (χ0n) is 10.2. The van der Waals surface area contributed by atoms with Crippen LogP contribution in [-0.2, 0) is 0 Å². The Balaban J connectivity index is 2.86. The van der Waals surface area contributed by atoms with Crippen molar-refractivity contribution in [1.29, 1.82) is 0 Å². The normalized spacial score (nSPS) is 9.94. The molecule has 0 aromatic carbocycles. The Morgan fingerprint density at radius 2 is 2.00 bits per heavy atom. The first-order valence-corrected chi connectivity index (χ1v) is 5.73. The minimum atomic E-state index is -0.00949. The van der Waals surface area contributed by atoms with E-state index in [0.29, 0.717) is 18.8 Å². The first-order valence-electron chi connectivity index (χ1n) is 5.73. The van der Waals surface area contributed by atoms with Crippen LogP contribution in [0.1, 0.15) is 31.3 Å². The van der Waals surface area contributed by atoms with Gasteiger partial charge in [-0.15, -0.1) is 0 Å². The van der Waals surface area contributed by atoms with Crippen LogP contribution in [0.4, 0.5) is 5.82 Å². The Morgan fingerprint density at radius 3 is 2.56 bits per heavy atom. The molecular weight excluding hydrogens is 202 g/mol. The molecule has 16 heavy (non-hydrogen) atoms. The van der Waals surface area contributed by atoms with Crippen molar-refractivity contribution < 1.29 is 4.79 Å². The van der Waals surface area contributed by atoms with E-state index in [0.717, 1.165) is 12.4 Å². The summed E-state index contributed by atoms with van der Waals surface area (Å²) >= 11 is 0. The van der Waals surface area contributed by atoms with Gasteiger partial charge in [0.15, 0.2) is 0 Å². The summed E-state index contributed by atoms with van der Waals surface area (Å²) in [5.74, 6) is 0.741. The summed E-state index contributed by atoms with van der Waals surface area (Å²) in [4.78, 5) is 18.0. The molecule has 88 valence electrons. The topological polar surface area (TPSA) is 45.2 Å². The number of anilines is 1. The maximum atomic E-state index is 12.0. The highest BCUT2D eigenvalue weighted by Crippen LogP contribution is 2.07. The molecule has 4 nitrogen and oxygen atoms in total. The van der Waals surface area contributed by atoms with Crippen LogP contribution >= 0.6 is 0 Å². The summed E-state index contributed by atoms with van der Waals surface area (Å²) in [6, 6.07) is 5.46. The van der Waals surface area contributed by atoms with Gasteiger partial charge in [0.1, 0.15) is 11.5 Å². The first kappa shape index (κ1) is 12.5. The molecule has 0 unspecified atom stereocenters. The molecule has 0 saturated heterocycles. The van der Waals surface area contributed by atoms with Gasteiger partial charge in [0, 0.05) is 19.6 Å². The summed E-state index contributed by atoms with van der Waals surface area (Å²) in [5.41, 5.74) is 0.502. The Labute approximate surface area is 96.7 Å². The number of rotatable bonds is 5. The highest BCUT2D eigenvalue weighted by atomic mass is 16.2. The minimum absolute atomic E-state index is 0.00949. The van der Waals surface area contributed by atoms with Crippen molar-refractivity contribution in [1.82, 2.24) is 9.88 Å². The van der Waals surface area contributed by atoms with Gasteiger partial charge in [-0.05, 0) is 32.9 Å². The largest absolute Gasteiger partial charge is 0.370 e. The Kier molecular flexibility index (Phi) is 4.76. The third-order valence-corrected chi connectivity index (χ3v) is 2.38. The number of nitrogens with one attached hydrogen (secondary N) is 1. The SMILES string of the molecule is CCNc1cccc(C(=O)N(CC)CC)n1. The van der Waals surface area contributed by atoms with E-state index in [1.165, 1.54) is 0 Å². The lowest BCUT2D eigenvalue weighted by molar-refractivity contribution is 0.0767. The maximum absolute atomic E-state index is 12.0. The third-order valence-electron chi connectivity index (χ3n) is 2.38. The number of pyridine rings is 1. The van der Waals surface area contributed by atoms with E-state index in [1.54, 1.807) is 11.0 Å². The van der Waals surface area contributed by atoms with Gasteiger partial charge in [0.05, 0.1) is 0 Å². The van der Waals surface area contributed by atoms with Crippen molar-refractivity contribution in [3.05, 3.63) is 23.9 Å². The number of hydrogen-bond donors (Lipinski definition) is 1. The fourth-order valence-electron chi connectivity index (χ4n) is 1.51. The molecule has 0 aliphatic rings. The van der Waals surface area contributed by atoms with Gasteiger partial charge in [0.25, 0.3) is 5.91 Å². The molecule has 1 rings (SSSR count). The number of aromatic nitrogens is 1. The number of nitrogens with zero attached hydrogens (tertiary/aromatic N) is 2. The van der Waals surface area contributed by atoms with Crippen LogP contribution < -0.4 is 5.32 Å². The van der Waals surface area contributed by atoms with Gasteiger partial charge < -0.3 is 10.2 Å².